The zero-order chi connectivity index (χ0) is 16.3. The summed E-state index contributed by atoms with van der Waals surface area (Å²) in [5, 5.41) is 5.91. The van der Waals surface area contributed by atoms with Gasteiger partial charge in [-0.15, -0.1) is 11.3 Å². The third-order valence-corrected chi connectivity index (χ3v) is 4.27. The first-order valence-corrected chi connectivity index (χ1v) is 9.40. The highest BCUT2D eigenvalue weighted by Gasteiger charge is 2.07. The highest BCUT2D eigenvalue weighted by atomic mass is 32.2. The fourth-order valence-corrected chi connectivity index (χ4v) is 3.04. The number of anilines is 1. The van der Waals surface area contributed by atoms with Gasteiger partial charge < -0.3 is 4.52 Å². The molecule has 2 aromatic heterocycles. The standard InChI is InChI=1S/C15H13N3O3S2/c1-23(19,20)18-12-6-4-11(5-7-12)15-16-14(21-17-15)9-8-13-3-2-10-22-13/h2-10,18H,1H3. The molecule has 0 aliphatic heterocycles. The fraction of sp³-hybridized carbons (Fsp3) is 0.0667. The highest BCUT2D eigenvalue weighted by molar-refractivity contribution is 7.92. The summed E-state index contributed by atoms with van der Waals surface area (Å²) in [6.45, 7) is 0. The van der Waals surface area contributed by atoms with Crippen molar-refractivity contribution >= 4 is 39.2 Å². The second-order valence-corrected chi connectivity index (χ2v) is 7.48. The van der Waals surface area contributed by atoms with Gasteiger partial charge in [-0.25, -0.2) is 8.42 Å². The van der Waals surface area contributed by atoms with Crippen LogP contribution in [0.1, 0.15) is 10.8 Å². The van der Waals surface area contributed by atoms with E-state index in [0.717, 1.165) is 16.7 Å². The van der Waals surface area contributed by atoms with Gasteiger partial charge in [-0.1, -0.05) is 11.2 Å². The Morgan fingerprint density at radius 2 is 1.96 bits per heavy atom. The summed E-state index contributed by atoms with van der Waals surface area (Å²) >= 11 is 1.62. The molecule has 3 rings (SSSR count). The SMILES string of the molecule is CS(=O)(=O)Nc1ccc(-c2noc(C=Cc3cccs3)n2)cc1. The van der Waals surface area contributed by atoms with E-state index in [-0.39, 0.29) is 0 Å². The van der Waals surface area contributed by atoms with Gasteiger partial charge in [0.15, 0.2) is 0 Å². The zero-order valence-corrected chi connectivity index (χ0v) is 13.8. The Morgan fingerprint density at radius 1 is 1.17 bits per heavy atom. The predicted molar refractivity (Wildman–Crippen MR) is 91.4 cm³/mol. The Balaban J connectivity index is 1.75. The first-order chi connectivity index (χ1) is 11.0. The van der Waals surface area contributed by atoms with Crippen LogP contribution in [0.2, 0.25) is 0 Å². The highest BCUT2D eigenvalue weighted by Crippen LogP contribution is 2.20. The van der Waals surface area contributed by atoms with Crippen LogP contribution in [-0.2, 0) is 10.0 Å². The molecule has 8 heteroatoms. The van der Waals surface area contributed by atoms with Gasteiger partial charge in [0.05, 0.1) is 6.26 Å². The monoisotopic (exact) mass is 347 g/mol. The van der Waals surface area contributed by atoms with E-state index >= 15 is 0 Å². The van der Waals surface area contributed by atoms with Gasteiger partial charge in [0.2, 0.25) is 15.8 Å². The fourth-order valence-electron chi connectivity index (χ4n) is 1.86. The lowest BCUT2D eigenvalue weighted by atomic mass is 10.2. The average Bonchev–Trinajstić information content (AvgIpc) is 3.16. The Kier molecular flexibility index (Phi) is 4.26. The molecule has 0 aliphatic rings. The lowest BCUT2D eigenvalue weighted by Gasteiger charge is -2.03. The molecule has 0 fully saturated rings. The second-order valence-electron chi connectivity index (χ2n) is 4.76. The number of hydrogen-bond acceptors (Lipinski definition) is 6. The summed E-state index contributed by atoms with van der Waals surface area (Å²) in [5.74, 6) is 0.855. The first-order valence-electron chi connectivity index (χ1n) is 6.63. The van der Waals surface area contributed by atoms with Gasteiger partial charge in [0.25, 0.3) is 5.89 Å². The summed E-state index contributed by atoms with van der Waals surface area (Å²) in [6, 6.07) is 10.7. The molecule has 118 valence electrons. The van der Waals surface area contributed by atoms with Gasteiger partial charge in [-0.3, -0.25) is 4.72 Å². The van der Waals surface area contributed by atoms with Crippen LogP contribution in [-0.4, -0.2) is 24.8 Å². The van der Waals surface area contributed by atoms with Crippen molar-refractivity contribution in [2.24, 2.45) is 0 Å². The van der Waals surface area contributed by atoms with E-state index < -0.39 is 10.0 Å². The van der Waals surface area contributed by atoms with Crippen molar-refractivity contribution in [1.82, 2.24) is 10.1 Å². The van der Waals surface area contributed by atoms with Crippen molar-refractivity contribution in [2.75, 3.05) is 11.0 Å². The van der Waals surface area contributed by atoms with E-state index in [1.807, 2.05) is 23.6 Å². The molecule has 0 aliphatic carbocycles. The van der Waals surface area contributed by atoms with Crippen LogP contribution in [0.5, 0.6) is 0 Å². The minimum Gasteiger partial charge on any atom is -0.334 e. The predicted octanol–water partition coefficient (Wildman–Crippen LogP) is 3.34. The van der Waals surface area contributed by atoms with Crippen molar-refractivity contribution in [3.05, 3.63) is 52.5 Å². The zero-order valence-electron chi connectivity index (χ0n) is 12.1. The number of thiophene rings is 1. The topological polar surface area (TPSA) is 85.1 Å². The summed E-state index contributed by atoms with van der Waals surface area (Å²) in [4.78, 5) is 5.38. The molecule has 0 spiro atoms. The van der Waals surface area contributed by atoms with Crippen LogP contribution in [0.15, 0.2) is 46.3 Å². The minimum atomic E-state index is -3.29. The summed E-state index contributed by atoms with van der Waals surface area (Å²) in [5.41, 5.74) is 1.22. The van der Waals surface area contributed by atoms with Crippen LogP contribution in [0.4, 0.5) is 5.69 Å². The number of hydrogen-bond donors (Lipinski definition) is 1. The molecule has 0 radical (unpaired) electrons. The number of rotatable bonds is 5. The molecule has 0 unspecified atom stereocenters. The Hall–Kier alpha value is -2.45. The molecule has 0 amide bonds. The lowest BCUT2D eigenvalue weighted by Crippen LogP contribution is -2.09. The molecule has 1 aromatic carbocycles. The van der Waals surface area contributed by atoms with Gasteiger partial charge >= 0.3 is 0 Å². The lowest BCUT2D eigenvalue weighted by molar-refractivity contribution is 0.411. The van der Waals surface area contributed by atoms with Crippen molar-refractivity contribution in [2.45, 2.75) is 0 Å². The number of nitrogens with zero attached hydrogens (tertiary/aromatic N) is 2. The van der Waals surface area contributed by atoms with Crippen LogP contribution < -0.4 is 4.72 Å². The number of benzene rings is 1. The molecule has 2 heterocycles. The van der Waals surface area contributed by atoms with Crippen LogP contribution >= 0.6 is 11.3 Å². The maximum Gasteiger partial charge on any atom is 0.250 e. The quantitative estimate of drug-likeness (QED) is 0.765. The molecule has 0 saturated carbocycles. The minimum absolute atomic E-state index is 0.409. The third-order valence-electron chi connectivity index (χ3n) is 2.82. The second kappa shape index (κ2) is 6.35. The Labute approximate surface area is 137 Å². The Morgan fingerprint density at radius 3 is 2.61 bits per heavy atom. The van der Waals surface area contributed by atoms with Crippen LogP contribution in [0.25, 0.3) is 23.5 Å². The first kappa shape index (κ1) is 15.4. The molecule has 3 aromatic rings. The molecular weight excluding hydrogens is 334 g/mol. The van der Waals surface area contributed by atoms with Crippen LogP contribution in [0, 0.1) is 0 Å². The summed E-state index contributed by atoms with van der Waals surface area (Å²) in [6.07, 6.45) is 4.76. The smallest absolute Gasteiger partial charge is 0.250 e. The molecule has 0 saturated heterocycles. The summed E-state index contributed by atoms with van der Waals surface area (Å²) < 4.78 is 29.9. The van der Waals surface area contributed by atoms with E-state index in [0.29, 0.717) is 17.4 Å². The molecule has 6 nitrogen and oxygen atoms in total. The van der Waals surface area contributed by atoms with Crippen molar-refractivity contribution in [1.29, 1.82) is 0 Å². The molecule has 23 heavy (non-hydrogen) atoms. The molecular formula is C15H13N3O3S2. The van der Waals surface area contributed by atoms with Gasteiger partial charge in [0, 0.05) is 22.2 Å². The third kappa shape index (κ3) is 4.27. The van der Waals surface area contributed by atoms with Crippen LogP contribution in [0.3, 0.4) is 0 Å². The number of sulfonamides is 1. The van der Waals surface area contributed by atoms with Gasteiger partial charge in [-0.05, 0) is 41.8 Å². The van der Waals surface area contributed by atoms with Gasteiger partial charge in [0.1, 0.15) is 0 Å². The maximum atomic E-state index is 11.2. The average molecular weight is 347 g/mol. The summed E-state index contributed by atoms with van der Waals surface area (Å²) in [7, 11) is -3.29. The van der Waals surface area contributed by atoms with Crippen molar-refractivity contribution < 1.29 is 12.9 Å². The largest absolute Gasteiger partial charge is 0.334 e. The van der Waals surface area contributed by atoms with Crippen molar-refractivity contribution in [3.63, 3.8) is 0 Å². The Bertz CT molecular complexity index is 911. The van der Waals surface area contributed by atoms with Gasteiger partial charge in [-0.2, -0.15) is 4.98 Å². The van der Waals surface area contributed by atoms with E-state index in [9.17, 15) is 8.42 Å². The number of aromatic nitrogens is 2. The maximum absolute atomic E-state index is 11.2. The molecule has 0 atom stereocenters. The van der Waals surface area contributed by atoms with E-state index in [4.69, 9.17) is 4.52 Å². The van der Waals surface area contributed by atoms with E-state index in [2.05, 4.69) is 14.9 Å². The van der Waals surface area contributed by atoms with Crippen molar-refractivity contribution in [3.8, 4) is 11.4 Å². The van der Waals surface area contributed by atoms with E-state index in [1.54, 1.807) is 41.7 Å². The molecule has 1 N–H and O–H groups in total. The normalized spacial score (nSPS) is 11.9. The molecule has 0 bridgehead atoms. The van der Waals surface area contributed by atoms with E-state index in [1.165, 1.54) is 0 Å². The number of nitrogens with one attached hydrogen (secondary N) is 1.